The number of ether oxygens (including phenoxy) is 3. The summed E-state index contributed by atoms with van der Waals surface area (Å²) >= 11 is 0. The van der Waals surface area contributed by atoms with E-state index in [0.717, 1.165) is 5.56 Å². The van der Waals surface area contributed by atoms with Crippen molar-refractivity contribution < 1.29 is 23.8 Å². The van der Waals surface area contributed by atoms with Crippen molar-refractivity contribution in [2.24, 2.45) is 0 Å². The van der Waals surface area contributed by atoms with E-state index in [1.54, 1.807) is 26.0 Å². The quantitative estimate of drug-likeness (QED) is 0.729. The van der Waals surface area contributed by atoms with Gasteiger partial charge in [0.05, 0.1) is 19.8 Å². The molecule has 0 bridgehead atoms. The van der Waals surface area contributed by atoms with Crippen LogP contribution >= 0.6 is 0 Å². The Morgan fingerprint density at radius 2 is 1.48 bits per heavy atom. The lowest BCUT2D eigenvalue weighted by molar-refractivity contribution is 0.167. The van der Waals surface area contributed by atoms with Gasteiger partial charge in [-0.1, -0.05) is 30.3 Å². The van der Waals surface area contributed by atoms with Crippen LogP contribution in [0.3, 0.4) is 0 Å². The molecule has 0 unspecified atom stereocenters. The molecule has 0 aliphatic heterocycles. The molecule has 0 radical (unpaired) electrons. The Kier molecular flexibility index (Phi) is 7.90. The number of pyridine rings is 1. The van der Waals surface area contributed by atoms with Crippen molar-refractivity contribution in [3.63, 3.8) is 0 Å². The predicted octanol–water partition coefficient (Wildman–Crippen LogP) is 3.84. The maximum Gasteiger partial charge on any atom is 0.412 e. The summed E-state index contributed by atoms with van der Waals surface area (Å²) < 4.78 is 15.4. The van der Waals surface area contributed by atoms with Crippen LogP contribution in [0.4, 0.5) is 21.2 Å². The molecule has 0 atom stereocenters. The maximum atomic E-state index is 11.6. The molecule has 2 aromatic rings. The standard InChI is InChI=1S/C19H23N3O5/c1-3-25-18(23)21-16-12-15(13-17(20-16)22-19(24)26-4-2)27-11-10-14-8-6-5-7-9-14/h5-9,12-13H,3-4,10-11H2,1-2H3,(H2,20,21,22,23,24). The minimum atomic E-state index is -0.645. The molecular weight excluding hydrogens is 350 g/mol. The minimum absolute atomic E-state index is 0.192. The number of hydrogen-bond acceptors (Lipinski definition) is 6. The molecule has 1 heterocycles. The third kappa shape index (κ3) is 7.23. The summed E-state index contributed by atoms with van der Waals surface area (Å²) in [4.78, 5) is 27.4. The summed E-state index contributed by atoms with van der Waals surface area (Å²) in [7, 11) is 0. The van der Waals surface area contributed by atoms with E-state index in [1.165, 1.54) is 0 Å². The second kappa shape index (κ2) is 10.6. The summed E-state index contributed by atoms with van der Waals surface area (Å²) in [6.07, 6.45) is -0.577. The van der Waals surface area contributed by atoms with Gasteiger partial charge in [-0.05, 0) is 19.4 Å². The molecule has 2 amide bonds. The number of hydrogen-bond donors (Lipinski definition) is 2. The molecule has 0 saturated carbocycles. The van der Waals surface area contributed by atoms with Gasteiger partial charge in [0.1, 0.15) is 17.4 Å². The second-order valence-corrected chi connectivity index (χ2v) is 5.35. The monoisotopic (exact) mass is 373 g/mol. The Labute approximate surface area is 157 Å². The van der Waals surface area contributed by atoms with Crippen LogP contribution in [0.2, 0.25) is 0 Å². The number of rotatable bonds is 8. The topological polar surface area (TPSA) is 98.8 Å². The molecule has 0 fully saturated rings. The van der Waals surface area contributed by atoms with Gasteiger partial charge in [0.25, 0.3) is 0 Å². The first-order valence-electron chi connectivity index (χ1n) is 8.67. The van der Waals surface area contributed by atoms with E-state index in [2.05, 4.69) is 15.6 Å². The summed E-state index contributed by atoms with van der Waals surface area (Å²) in [5.74, 6) is 0.828. The van der Waals surface area contributed by atoms with Gasteiger partial charge >= 0.3 is 12.2 Å². The third-order valence-electron chi connectivity index (χ3n) is 3.31. The van der Waals surface area contributed by atoms with Gasteiger partial charge in [0.2, 0.25) is 0 Å². The van der Waals surface area contributed by atoms with Crippen molar-refractivity contribution in [1.82, 2.24) is 4.98 Å². The van der Waals surface area contributed by atoms with Crippen LogP contribution in [0.1, 0.15) is 19.4 Å². The van der Waals surface area contributed by atoms with Gasteiger partial charge in [0.15, 0.2) is 0 Å². The van der Waals surface area contributed by atoms with Crippen molar-refractivity contribution >= 4 is 23.8 Å². The fourth-order valence-corrected chi connectivity index (χ4v) is 2.19. The highest BCUT2D eigenvalue weighted by Gasteiger charge is 2.11. The smallest absolute Gasteiger partial charge is 0.412 e. The molecule has 1 aromatic heterocycles. The summed E-state index contributed by atoms with van der Waals surface area (Å²) in [5.41, 5.74) is 1.14. The Balaban J connectivity index is 2.07. The van der Waals surface area contributed by atoms with Crippen LogP contribution in [-0.2, 0) is 15.9 Å². The van der Waals surface area contributed by atoms with Crippen molar-refractivity contribution in [2.45, 2.75) is 20.3 Å². The lowest BCUT2D eigenvalue weighted by Gasteiger charge is -2.12. The Morgan fingerprint density at radius 3 is 2.00 bits per heavy atom. The number of amides is 2. The van der Waals surface area contributed by atoms with Crippen LogP contribution in [0.15, 0.2) is 42.5 Å². The molecule has 2 rings (SSSR count). The first-order chi connectivity index (χ1) is 13.1. The van der Waals surface area contributed by atoms with E-state index < -0.39 is 12.2 Å². The zero-order chi connectivity index (χ0) is 19.5. The highest BCUT2D eigenvalue weighted by atomic mass is 16.6. The average Bonchev–Trinajstić information content (AvgIpc) is 2.63. The fraction of sp³-hybridized carbons (Fsp3) is 0.316. The number of carbonyl (C=O) groups is 2. The molecule has 0 spiro atoms. The van der Waals surface area contributed by atoms with E-state index in [9.17, 15) is 9.59 Å². The predicted molar refractivity (Wildman–Crippen MR) is 101 cm³/mol. The van der Waals surface area contributed by atoms with Crippen LogP contribution in [0.25, 0.3) is 0 Å². The minimum Gasteiger partial charge on any atom is -0.493 e. The first-order valence-corrected chi connectivity index (χ1v) is 8.67. The largest absolute Gasteiger partial charge is 0.493 e. The zero-order valence-corrected chi connectivity index (χ0v) is 15.4. The molecule has 27 heavy (non-hydrogen) atoms. The van der Waals surface area contributed by atoms with E-state index in [-0.39, 0.29) is 24.8 Å². The van der Waals surface area contributed by atoms with Crippen molar-refractivity contribution in [1.29, 1.82) is 0 Å². The summed E-state index contributed by atoms with van der Waals surface area (Å²) in [6, 6.07) is 13.0. The molecule has 0 aliphatic carbocycles. The van der Waals surface area contributed by atoms with Crippen LogP contribution in [0, 0.1) is 0 Å². The summed E-state index contributed by atoms with van der Waals surface area (Å²) in [5, 5.41) is 4.99. The number of carbonyl (C=O) groups excluding carboxylic acids is 2. The first kappa shape index (κ1) is 20.0. The van der Waals surface area contributed by atoms with Crippen molar-refractivity contribution in [2.75, 3.05) is 30.5 Å². The normalized spacial score (nSPS) is 10.0. The number of aromatic nitrogens is 1. The molecular formula is C19H23N3O5. The third-order valence-corrected chi connectivity index (χ3v) is 3.31. The van der Waals surface area contributed by atoms with Gasteiger partial charge < -0.3 is 14.2 Å². The Bertz CT molecular complexity index is 714. The van der Waals surface area contributed by atoms with E-state index >= 15 is 0 Å². The highest BCUT2D eigenvalue weighted by molar-refractivity contribution is 5.86. The van der Waals surface area contributed by atoms with E-state index in [4.69, 9.17) is 14.2 Å². The number of nitrogens with zero attached hydrogens (tertiary/aromatic N) is 1. The molecule has 0 aliphatic rings. The van der Waals surface area contributed by atoms with Crippen molar-refractivity contribution in [3.8, 4) is 5.75 Å². The molecule has 8 heteroatoms. The number of nitrogens with one attached hydrogen (secondary N) is 2. The van der Waals surface area contributed by atoms with E-state index in [0.29, 0.717) is 18.8 Å². The molecule has 1 aromatic carbocycles. The lowest BCUT2D eigenvalue weighted by atomic mass is 10.2. The highest BCUT2D eigenvalue weighted by Crippen LogP contribution is 2.21. The van der Waals surface area contributed by atoms with Crippen LogP contribution < -0.4 is 15.4 Å². The van der Waals surface area contributed by atoms with Crippen LogP contribution in [-0.4, -0.2) is 37.0 Å². The molecule has 2 N–H and O–H groups in total. The summed E-state index contributed by atoms with van der Waals surface area (Å²) in [6.45, 7) is 4.28. The SMILES string of the molecule is CCOC(=O)Nc1cc(OCCc2ccccc2)cc(NC(=O)OCC)n1. The molecule has 8 nitrogen and oxygen atoms in total. The van der Waals surface area contributed by atoms with E-state index in [1.807, 2.05) is 30.3 Å². The van der Waals surface area contributed by atoms with Gasteiger partial charge in [-0.3, -0.25) is 10.6 Å². The zero-order valence-electron chi connectivity index (χ0n) is 15.4. The van der Waals surface area contributed by atoms with Gasteiger partial charge in [0, 0.05) is 18.6 Å². The van der Waals surface area contributed by atoms with Crippen molar-refractivity contribution in [3.05, 3.63) is 48.0 Å². The average molecular weight is 373 g/mol. The van der Waals surface area contributed by atoms with Gasteiger partial charge in [-0.15, -0.1) is 0 Å². The molecule has 144 valence electrons. The molecule has 0 saturated heterocycles. The second-order valence-electron chi connectivity index (χ2n) is 5.35. The van der Waals surface area contributed by atoms with Crippen LogP contribution in [0.5, 0.6) is 5.75 Å². The lowest BCUT2D eigenvalue weighted by Crippen LogP contribution is -2.17. The number of benzene rings is 1. The van der Waals surface area contributed by atoms with Gasteiger partial charge in [-0.2, -0.15) is 0 Å². The Hall–Kier alpha value is -3.29. The number of anilines is 2. The van der Waals surface area contributed by atoms with Gasteiger partial charge in [-0.25, -0.2) is 14.6 Å². The Morgan fingerprint density at radius 1 is 0.926 bits per heavy atom. The fourth-order valence-electron chi connectivity index (χ4n) is 2.19. The maximum absolute atomic E-state index is 11.6.